The molecule has 6 nitrogen and oxygen atoms in total. The van der Waals surface area contributed by atoms with E-state index in [4.69, 9.17) is 9.57 Å². The zero-order valence-corrected chi connectivity index (χ0v) is 13.3. The van der Waals surface area contributed by atoms with E-state index in [-0.39, 0.29) is 17.6 Å². The topological polar surface area (TPSA) is 68.2 Å². The molecule has 126 valence electrons. The first-order chi connectivity index (χ1) is 11.5. The third-order valence-corrected chi connectivity index (χ3v) is 4.22. The maximum atomic E-state index is 13.0. The van der Waals surface area contributed by atoms with Gasteiger partial charge in [0.2, 0.25) is 6.10 Å². The van der Waals surface area contributed by atoms with Crippen molar-refractivity contribution in [2.75, 3.05) is 13.7 Å². The molecule has 24 heavy (non-hydrogen) atoms. The van der Waals surface area contributed by atoms with Crippen LogP contribution in [0.1, 0.15) is 12.5 Å². The van der Waals surface area contributed by atoms with Crippen LogP contribution >= 0.6 is 0 Å². The van der Waals surface area contributed by atoms with Gasteiger partial charge in [-0.05, 0) is 17.7 Å². The lowest BCUT2D eigenvalue weighted by molar-refractivity contribution is -0.154. The normalized spacial score (nSPS) is 25.4. The fraction of sp³-hybridized carbons (Fsp3) is 0.353. The summed E-state index contributed by atoms with van der Waals surface area (Å²) in [4.78, 5) is 31.2. The summed E-state index contributed by atoms with van der Waals surface area (Å²) in [6.07, 6.45) is 2.54. The van der Waals surface area contributed by atoms with Crippen molar-refractivity contribution in [3.63, 3.8) is 0 Å². The van der Waals surface area contributed by atoms with Crippen LogP contribution in [0.4, 0.5) is 4.39 Å². The maximum Gasteiger partial charge on any atom is 0.332 e. The van der Waals surface area contributed by atoms with Gasteiger partial charge in [0.05, 0.1) is 18.7 Å². The highest BCUT2D eigenvalue weighted by Crippen LogP contribution is 2.26. The van der Waals surface area contributed by atoms with Crippen LogP contribution in [0.15, 0.2) is 41.6 Å². The number of rotatable bonds is 3. The molecule has 7 heteroatoms. The van der Waals surface area contributed by atoms with Crippen LogP contribution in [-0.4, -0.2) is 48.3 Å². The Kier molecular flexibility index (Phi) is 4.33. The largest absolute Gasteiger partial charge is 0.467 e. The van der Waals surface area contributed by atoms with Crippen LogP contribution in [0.25, 0.3) is 0 Å². The number of carbonyl (C=O) groups excluding carboxylic acids is 2. The number of esters is 1. The van der Waals surface area contributed by atoms with Gasteiger partial charge in [-0.3, -0.25) is 4.79 Å². The van der Waals surface area contributed by atoms with Gasteiger partial charge in [-0.2, -0.15) is 0 Å². The van der Waals surface area contributed by atoms with E-state index in [2.05, 4.69) is 5.16 Å². The molecule has 0 spiro atoms. The number of hydrogen-bond acceptors (Lipinski definition) is 5. The summed E-state index contributed by atoms with van der Waals surface area (Å²) in [6, 6.07) is 5.10. The molecule has 0 N–H and O–H groups in total. The number of nitrogens with zero attached hydrogens (tertiary/aromatic N) is 2. The van der Waals surface area contributed by atoms with Crippen LogP contribution in [0, 0.1) is 11.7 Å². The van der Waals surface area contributed by atoms with Crippen molar-refractivity contribution in [1.29, 1.82) is 0 Å². The van der Waals surface area contributed by atoms with Crippen LogP contribution in [-0.2, 0) is 19.2 Å². The Morgan fingerprint density at radius 3 is 2.71 bits per heavy atom. The number of halogens is 1. The predicted molar refractivity (Wildman–Crippen MR) is 83.6 cm³/mol. The Morgan fingerprint density at radius 1 is 1.33 bits per heavy atom. The van der Waals surface area contributed by atoms with Gasteiger partial charge in [0.1, 0.15) is 11.9 Å². The van der Waals surface area contributed by atoms with E-state index in [9.17, 15) is 14.0 Å². The lowest BCUT2D eigenvalue weighted by Crippen LogP contribution is -2.48. The number of methoxy groups -OCH3 is 1. The van der Waals surface area contributed by atoms with E-state index in [1.807, 2.05) is 6.92 Å². The van der Waals surface area contributed by atoms with Crippen molar-refractivity contribution in [1.82, 2.24) is 4.90 Å². The molecule has 0 unspecified atom stereocenters. The average molecular weight is 332 g/mol. The Hall–Kier alpha value is -2.70. The zero-order valence-electron chi connectivity index (χ0n) is 13.3. The summed E-state index contributed by atoms with van der Waals surface area (Å²) in [5.74, 6) is -1.49. The molecule has 0 radical (unpaired) electrons. The summed E-state index contributed by atoms with van der Waals surface area (Å²) in [5, 5.41) is 3.99. The van der Waals surface area contributed by atoms with E-state index in [1.54, 1.807) is 24.3 Å². The van der Waals surface area contributed by atoms with Crippen molar-refractivity contribution < 1.29 is 23.6 Å². The van der Waals surface area contributed by atoms with Crippen molar-refractivity contribution in [2.45, 2.75) is 19.1 Å². The van der Waals surface area contributed by atoms with Gasteiger partial charge in [-0.25, -0.2) is 9.18 Å². The summed E-state index contributed by atoms with van der Waals surface area (Å²) in [6.45, 7) is 2.13. The lowest BCUT2D eigenvalue weighted by atomic mass is 9.93. The van der Waals surface area contributed by atoms with Gasteiger partial charge < -0.3 is 14.5 Å². The van der Waals surface area contributed by atoms with Crippen molar-refractivity contribution in [3.05, 3.63) is 47.8 Å². The number of ether oxygens (including phenoxy) is 1. The number of carbonyl (C=O) groups is 2. The lowest BCUT2D eigenvalue weighted by Gasteiger charge is -2.26. The molecule has 2 aliphatic rings. The molecular weight excluding hydrogens is 315 g/mol. The Morgan fingerprint density at radius 2 is 2.04 bits per heavy atom. The molecular formula is C17H17FN2O4. The Balaban J connectivity index is 1.74. The second-order valence-corrected chi connectivity index (χ2v) is 5.68. The minimum Gasteiger partial charge on any atom is -0.467 e. The monoisotopic (exact) mass is 332 g/mol. The van der Waals surface area contributed by atoms with Gasteiger partial charge in [0.25, 0.3) is 5.91 Å². The Bertz CT molecular complexity index is 714. The first kappa shape index (κ1) is 16.2. The second-order valence-electron chi connectivity index (χ2n) is 5.68. The van der Waals surface area contributed by atoms with E-state index in [0.29, 0.717) is 17.8 Å². The Labute approximate surface area is 138 Å². The quantitative estimate of drug-likeness (QED) is 0.621. The van der Waals surface area contributed by atoms with Gasteiger partial charge >= 0.3 is 5.97 Å². The van der Waals surface area contributed by atoms with Crippen LogP contribution in [0.5, 0.6) is 0 Å². The molecule has 1 aromatic carbocycles. The molecule has 3 rings (SSSR count). The molecule has 0 fully saturated rings. The standard InChI is InChI=1S/C17H17FN2O4/c1-10-14(11-5-7-12(18)8-6-11)19-24-15(10)16(21)20-9-3-4-13(20)17(22)23-2/h3-8,10,13,15H,9H2,1-2H3/t10-,13+,15-/m1/s1. The molecule has 2 aliphatic heterocycles. The molecule has 1 amide bonds. The molecule has 0 saturated heterocycles. The number of hydrogen-bond donors (Lipinski definition) is 0. The van der Waals surface area contributed by atoms with Crippen molar-refractivity contribution >= 4 is 17.6 Å². The maximum absolute atomic E-state index is 13.0. The molecule has 3 atom stereocenters. The fourth-order valence-corrected chi connectivity index (χ4v) is 2.86. The molecule has 0 bridgehead atoms. The highest BCUT2D eigenvalue weighted by atomic mass is 19.1. The first-order valence-electron chi connectivity index (χ1n) is 7.57. The van der Waals surface area contributed by atoms with E-state index >= 15 is 0 Å². The molecule has 0 saturated carbocycles. The number of oxime groups is 1. The highest BCUT2D eigenvalue weighted by Gasteiger charge is 2.42. The average Bonchev–Trinajstić information content (AvgIpc) is 3.21. The molecule has 2 heterocycles. The van der Waals surface area contributed by atoms with Crippen LogP contribution in [0.2, 0.25) is 0 Å². The van der Waals surface area contributed by atoms with Gasteiger partial charge in [-0.15, -0.1) is 0 Å². The van der Waals surface area contributed by atoms with Gasteiger partial charge in [-0.1, -0.05) is 36.4 Å². The molecule has 0 aliphatic carbocycles. The minimum absolute atomic E-state index is 0.317. The SMILES string of the molecule is COC(=O)[C@@H]1C=CCN1C(=O)[C@@H]1ON=C(c2ccc(F)cc2)[C@H]1C. The second kappa shape index (κ2) is 6.43. The zero-order chi connectivity index (χ0) is 17.3. The van der Waals surface area contributed by atoms with Crippen LogP contribution in [0.3, 0.4) is 0 Å². The highest BCUT2D eigenvalue weighted by molar-refractivity contribution is 6.06. The molecule has 0 aromatic heterocycles. The summed E-state index contributed by atoms with van der Waals surface area (Å²) in [7, 11) is 1.28. The van der Waals surface area contributed by atoms with Crippen molar-refractivity contribution in [2.24, 2.45) is 11.1 Å². The summed E-state index contributed by atoms with van der Waals surface area (Å²) >= 11 is 0. The molecule has 1 aromatic rings. The third-order valence-electron chi connectivity index (χ3n) is 4.22. The summed E-state index contributed by atoms with van der Waals surface area (Å²) < 4.78 is 17.8. The number of amides is 1. The predicted octanol–water partition coefficient (Wildman–Crippen LogP) is 1.50. The van der Waals surface area contributed by atoms with Gasteiger partial charge in [0, 0.05) is 6.54 Å². The van der Waals surface area contributed by atoms with E-state index < -0.39 is 18.1 Å². The van der Waals surface area contributed by atoms with Gasteiger partial charge in [0.15, 0.2) is 0 Å². The number of benzene rings is 1. The minimum atomic E-state index is -0.822. The first-order valence-corrected chi connectivity index (χ1v) is 7.57. The summed E-state index contributed by atoms with van der Waals surface area (Å²) in [5.41, 5.74) is 1.28. The van der Waals surface area contributed by atoms with Crippen LogP contribution < -0.4 is 0 Å². The third kappa shape index (κ3) is 2.77. The smallest absolute Gasteiger partial charge is 0.332 e. The van der Waals surface area contributed by atoms with E-state index in [0.717, 1.165) is 0 Å². The van der Waals surface area contributed by atoms with Crippen molar-refractivity contribution in [3.8, 4) is 0 Å². The fourth-order valence-electron chi connectivity index (χ4n) is 2.86. The van der Waals surface area contributed by atoms with E-state index in [1.165, 1.54) is 24.1 Å².